The highest BCUT2D eigenvalue weighted by Crippen LogP contribution is 2.26. The van der Waals surface area contributed by atoms with Crippen molar-refractivity contribution in [3.05, 3.63) is 35.4 Å². The van der Waals surface area contributed by atoms with Gasteiger partial charge in [-0.1, -0.05) is 49.1 Å². The molecule has 1 aliphatic rings. The average Bonchev–Trinajstić information content (AvgIpc) is 2.40. The first-order chi connectivity index (χ1) is 8.75. The van der Waals surface area contributed by atoms with E-state index in [1.165, 1.54) is 43.2 Å². The summed E-state index contributed by atoms with van der Waals surface area (Å²) in [6.07, 6.45) is 8.34. The Bertz CT molecular complexity index is 352. The van der Waals surface area contributed by atoms with Gasteiger partial charge < -0.3 is 5.32 Å². The summed E-state index contributed by atoms with van der Waals surface area (Å²) in [7, 11) is 0. The van der Waals surface area contributed by atoms with Crippen LogP contribution < -0.4 is 5.32 Å². The van der Waals surface area contributed by atoms with Crippen molar-refractivity contribution in [1.82, 2.24) is 5.32 Å². The molecule has 2 rings (SSSR count). The van der Waals surface area contributed by atoms with Crippen LogP contribution >= 0.6 is 0 Å². The molecule has 100 valence electrons. The maximum absolute atomic E-state index is 3.72. The summed E-state index contributed by atoms with van der Waals surface area (Å²) in [4.78, 5) is 0. The molecule has 1 fully saturated rings. The Morgan fingerprint density at radius 1 is 1.22 bits per heavy atom. The predicted molar refractivity (Wildman–Crippen MR) is 78.9 cm³/mol. The normalized spacial score (nSPS) is 18.8. The number of hydrogen-bond acceptors (Lipinski definition) is 1. The van der Waals surface area contributed by atoms with Crippen LogP contribution in [0.15, 0.2) is 24.3 Å². The molecule has 0 aliphatic heterocycles. The van der Waals surface area contributed by atoms with Crippen molar-refractivity contribution in [2.24, 2.45) is 5.92 Å². The van der Waals surface area contributed by atoms with E-state index in [9.17, 15) is 0 Å². The Hall–Kier alpha value is -0.820. The monoisotopic (exact) mass is 245 g/mol. The van der Waals surface area contributed by atoms with Gasteiger partial charge in [-0.3, -0.25) is 0 Å². The highest BCUT2D eigenvalue weighted by Gasteiger charge is 2.19. The average molecular weight is 245 g/mol. The quantitative estimate of drug-likeness (QED) is 0.823. The Labute approximate surface area is 112 Å². The molecule has 1 saturated carbocycles. The molecular weight excluding hydrogens is 218 g/mol. The van der Waals surface area contributed by atoms with Crippen molar-refractivity contribution < 1.29 is 0 Å². The third-order valence-electron chi connectivity index (χ3n) is 4.32. The Morgan fingerprint density at radius 2 is 2.00 bits per heavy atom. The first kappa shape index (κ1) is 13.6. The van der Waals surface area contributed by atoms with Crippen LogP contribution in [0.3, 0.4) is 0 Å². The van der Waals surface area contributed by atoms with E-state index in [-0.39, 0.29) is 0 Å². The van der Waals surface area contributed by atoms with Crippen molar-refractivity contribution in [2.75, 3.05) is 6.54 Å². The summed E-state index contributed by atoms with van der Waals surface area (Å²) in [6.45, 7) is 5.65. The van der Waals surface area contributed by atoms with E-state index >= 15 is 0 Å². The van der Waals surface area contributed by atoms with Crippen molar-refractivity contribution in [3.63, 3.8) is 0 Å². The number of rotatable bonds is 5. The zero-order valence-electron chi connectivity index (χ0n) is 11.9. The van der Waals surface area contributed by atoms with E-state index in [0.717, 1.165) is 18.9 Å². The standard InChI is InChI=1S/C17H27N/c1-14-7-6-8-16(13-14)11-12-18-15(2)17-9-4-3-5-10-17/h6-8,13,15,17-18H,3-5,9-12H2,1-2H3. The fourth-order valence-corrected chi connectivity index (χ4v) is 3.11. The van der Waals surface area contributed by atoms with Crippen LogP contribution in [0.1, 0.15) is 50.2 Å². The van der Waals surface area contributed by atoms with Gasteiger partial charge in [0.15, 0.2) is 0 Å². The summed E-state index contributed by atoms with van der Waals surface area (Å²) in [6, 6.07) is 9.55. The maximum atomic E-state index is 3.72. The van der Waals surface area contributed by atoms with Crippen LogP contribution in [0.2, 0.25) is 0 Å². The topological polar surface area (TPSA) is 12.0 Å². The second kappa shape index (κ2) is 6.94. The molecular formula is C17H27N. The molecule has 0 amide bonds. The van der Waals surface area contributed by atoms with Gasteiger partial charge in [-0.25, -0.2) is 0 Å². The predicted octanol–water partition coefficient (Wildman–Crippen LogP) is 4.10. The number of nitrogens with one attached hydrogen (secondary N) is 1. The molecule has 0 spiro atoms. The lowest BCUT2D eigenvalue weighted by Gasteiger charge is -2.28. The number of hydrogen-bond donors (Lipinski definition) is 1. The van der Waals surface area contributed by atoms with Gasteiger partial charge in [0.25, 0.3) is 0 Å². The molecule has 1 N–H and O–H groups in total. The molecule has 0 bridgehead atoms. The van der Waals surface area contributed by atoms with Gasteiger partial charge in [-0.05, 0) is 51.1 Å². The summed E-state index contributed by atoms with van der Waals surface area (Å²) in [5.74, 6) is 0.913. The summed E-state index contributed by atoms with van der Waals surface area (Å²) < 4.78 is 0. The van der Waals surface area contributed by atoms with Gasteiger partial charge in [-0.2, -0.15) is 0 Å². The van der Waals surface area contributed by atoms with Crippen LogP contribution in [0, 0.1) is 12.8 Å². The SMILES string of the molecule is Cc1cccc(CCNC(C)C2CCCCC2)c1. The Morgan fingerprint density at radius 3 is 2.72 bits per heavy atom. The van der Waals surface area contributed by atoms with E-state index in [2.05, 4.69) is 43.4 Å². The van der Waals surface area contributed by atoms with Crippen molar-refractivity contribution in [3.8, 4) is 0 Å². The van der Waals surface area contributed by atoms with Crippen LogP contribution in [0.5, 0.6) is 0 Å². The van der Waals surface area contributed by atoms with Gasteiger partial charge in [-0.15, -0.1) is 0 Å². The van der Waals surface area contributed by atoms with E-state index in [4.69, 9.17) is 0 Å². The first-order valence-corrected chi connectivity index (χ1v) is 7.54. The highest BCUT2D eigenvalue weighted by molar-refractivity contribution is 5.22. The van der Waals surface area contributed by atoms with Crippen LogP contribution in [0.25, 0.3) is 0 Å². The maximum Gasteiger partial charge on any atom is 0.00671 e. The van der Waals surface area contributed by atoms with E-state index in [1.54, 1.807) is 0 Å². The van der Waals surface area contributed by atoms with Gasteiger partial charge in [0.1, 0.15) is 0 Å². The molecule has 1 aromatic carbocycles. The molecule has 1 aliphatic carbocycles. The summed E-state index contributed by atoms with van der Waals surface area (Å²) in [5.41, 5.74) is 2.83. The lowest BCUT2D eigenvalue weighted by atomic mass is 9.84. The van der Waals surface area contributed by atoms with Crippen molar-refractivity contribution in [1.29, 1.82) is 0 Å². The zero-order chi connectivity index (χ0) is 12.8. The zero-order valence-corrected chi connectivity index (χ0v) is 11.9. The van der Waals surface area contributed by atoms with E-state index in [0.29, 0.717) is 6.04 Å². The van der Waals surface area contributed by atoms with Crippen LogP contribution in [-0.4, -0.2) is 12.6 Å². The van der Waals surface area contributed by atoms with Crippen molar-refractivity contribution >= 4 is 0 Å². The van der Waals surface area contributed by atoms with Gasteiger partial charge in [0.2, 0.25) is 0 Å². The molecule has 1 aromatic rings. The molecule has 1 heteroatoms. The van der Waals surface area contributed by atoms with Gasteiger partial charge in [0.05, 0.1) is 0 Å². The molecule has 0 heterocycles. The first-order valence-electron chi connectivity index (χ1n) is 7.54. The second-order valence-electron chi connectivity index (χ2n) is 5.88. The highest BCUT2D eigenvalue weighted by atomic mass is 14.9. The smallest absolute Gasteiger partial charge is 0.00671 e. The molecule has 1 unspecified atom stereocenters. The number of aryl methyl sites for hydroxylation is 1. The minimum absolute atomic E-state index is 0.690. The van der Waals surface area contributed by atoms with Crippen LogP contribution in [0.4, 0.5) is 0 Å². The molecule has 0 saturated heterocycles. The lowest BCUT2D eigenvalue weighted by Crippen LogP contribution is -2.35. The minimum atomic E-state index is 0.690. The fraction of sp³-hybridized carbons (Fsp3) is 0.647. The van der Waals surface area contributed by atoms with Gasteiger partial charge >= 0.3 is 0 Å². The van der Waals surface area contributed by atoms with Crippen LogP contribution in [-0.2, 0) is 6.42 Å². The minimum Gasteiger partial charge on any atom is -0.314 e. The third-order valence-corrected chi connectivity index (χ3v) is 4.32. The van der Waals surface area contributed by atoms with E-state index < -0.39 is 0 Å². The lowest BCUT2D eigenvalue weighted by molar-refractivity contribution is 0.283. The molecule has 1 atom stereocenters. The number of benzene rings is 1. The third kappa shape index (κ3) is 4.13. The Balaban J connectivity index is 1.71. The molecule has 1 nitrogen and oxygen atoms in total. The fourth-order valence-electron chi connectivity index (χ4n) is 3.11. The van der Waals surface area contributed by atoms with E-state index in [1.807, 2.05) is 0 Å². The molecule has 0 aromatic heterocycles. The molecule has 18 heavy (non-hydrogen) atoms. The summed E-state index contributed by atoms with van der Waals surface area (Å²) >= 11 is 0. The van der Waals surface area contributed by atoms with Crippen molar-refractivity contribution in [2.45, 2.75) is 58.4 Å². The second-order valence-corrected chi connectivity index (χ2v) is 5.88. The largest absolute Gasteiger partial charge is 0.314 e. The molecule has 0 radical (unpaired) electrons. The Kier molecular flexibility index (Phi) is 5.25. The summed E-state index contributed by atoms with van der Waals surface area (Å²) in [5, 5.41) is 3.72. The van der Waals surface area contributed by atoms with Gasteiger partial charge in [0, 0.05) is 6.04 Å².